The van der Waals surface area contributed by atoms with Gasteiger partial charge in [-0.2, -0.15) is 10.1 Å². The zero-order chi connectivity index (χ0) is 16.5. The predicted molar refractivity (Wildman–Crippen MR) is 88.6 cm³/mol. The van der Waals surface area contributed by atoms with E-state index in [1.165, 1.54) is 12.1 Å². The van der Waals surface area contributed by atoms with Crippen molar-refractivity contribution in [2.24, 2.45) is 0 Å². The van der Waals surface area contributed by atoms with Gasteiger partial charge in [-0.1, -0.05) is 41.9 Å². The van der Waals surface area contributed by atoms with Gasteiger partial charge in [-0.15, -0.1) is 0 Å². The van der Waals surface area contributed by atoms with Crippen molar-refractivity contribution in [2.45, 2.75) is 0 Å². The smallest absolute Gasteiger partial charge is 0.324 e. The van der Waals surface area contributed by atoms with Gasteiger partial charge in [0.25, 0.3) is 0 Å². The lowest BCUT2D eigenvalue weighted by atomic mass is 10.1. The summed E-state index contributed by atoms with van der Waals surface area (Å²) in [6, 6.07) is 13.5. The number of nitrogens with one attached hydrogen (secondary N) is 1. The highest BCUT2D eigenvalue weighted by atomic mass is 35.5. The average molecular weight is 341 g/mol. The second-order valence-corrected chi connectivity index (χ2v) is 5.41. The summed E-state index contributed by atoms with van der Waals surface area (Å²) in [6.07, 6.45) is 1.57. The fraction of sp³-hybridized carbons (Fsp3) is 0. The minimum Gasteiger partial charge on any atom is -0.421 e. The highest BCUT2D eigenvalue weighted by Crippen LogP contribution is 2.31. The van der Waals surface area contributed by atoms with E-state index < -0.39 is 5.82 Å². The zero-order valence-corrected chi connectivity index (χ0v) is 13.0. The number of ether oxygens (including phenoxy) is 1. The second-order valence-electron chi connectivity index (χ2n) is 5.00. The van der Waals surface area contributed by atoms with Crippen molar-refractivity contribution in [1.29, 1.82) is 0 Å². The summed E-state index contributed by atoms with van der Waals surface area (Å²) >= 11 is 6.22. The van der Waals surface area contributed by atoms with Crippen LogP contribution < -0.4 is 4.74 Å². The van der Waals surface area contributed by atoms with Gasteiger partial charge in [-0.25, -0.2) is 9.37 Å². The Kier molecular flexibility index (Phi) is 3.59. The third-order valence-electron chi connectivity index (χ3n) is 3.47. The third-order valence-corrected chi connectivity index (χ3v) is 3.80. The third kappa shape index (κ3) is 2.57. The van der Waals surface area contributed by atoms with Crippen LogP contribution in [0.15, 0.2) is 54.7 Å². The lowest BCUT2D eigenvalue weighted by Gasteiger charge is -2.04. The molecule has 0 saturated carbocycles. The maximum Gasteiger partial charge on any atom is 0.324 e. The quantitative estimate of drug-likeness (QED) is 0.591. The van der Waals surface area contributed by atoms with E-state index in [0.717, 1.165) is 5.56 Å². The van der Waals surface area contributed by atoms with Crippen LogP contribution in [0.2, 0.25) is 5.02 Å². The number of aromatic nitrogens is 4. The molecule has 4 aromatic rings. The van der Waals surface area contributed by atoms with Crippen molar-refractivity contribution in [3.05, 3.63) is 65.6 Å². The molecule has 2 heterocycles. The van der Waals surface area contributed by atoms with Crippen LogP contribution in [0.5, 0.6) is 11.8 Å². The lowest BCUT2D eigenvalue weighted by molar-refractivity contribution is 0.412. The Balaban J connectivity index is 1.73. The molecular weight excluding hydrogens is 331 g/mol. The summed E-state index contributed by atoms with van der Waals surface area (Å²) < 4.78 is 19.0. The van der Waals surface area contributed by atoms with E-state index in [4.69, 9.17) is 16.3 Å². The zero-order valence-electron chi connectivity index (χ0n) is 12.2. The summed E-state index contributed by atoms with van der Waals surface area (Å²) in [4.78, 5) is 8.33. The molecule has 4 rings (SSSR count). The molecule has 5 nitrogen and oxygen atoms in total. The number of H-pyrrole nitrogens is 1. The lowest BCUT2D eigenvalue weighted by Crippen LogP contribution is -1.93. The van der Waals surface area contributed by atoms with Crippen molar-refractivity contribution >= 4 is 22.6 Å². The first kappa shape index (κ1) is 14.6. The van der Waals surface area contributed by atoms with Gasteiger partial charge in [0.15, 0.2) is 17.2 Å². The summed E-state index contributed by atoms with van der Waals surface area (Å²) in [5.74, 6) is -0.432. The molecule has 0 saturated heterocycles. The Labute approximate surface area is 141 Å². The molecule has 24 heavy (non-hydrogen) atoms. The molecule has 2 aromatic heterocycles. The van der Waals surface area contributed by atoms with E-state index in [1.54, 1.807) is 24.4 Å². The number of hydrogen-bond donors (Lipinski definition) is 1. The van der Waals surface area contributed by atoms with Crippen LogP contribution in [0.1, 0.15) is 0 Å². The first-order valence-corrected chi connectivity index (χ1v) is 7.48. The molecule has 0 amide bonds. The van der Waals surface area contributed by atoms with E-state index in [1.807, 2.05) is 18.2 Å². The average Bonchev–Trinajstić information content (AvgIpc) is 3.00. The van der Waals surface area contributed by atoms with E-state index >= 15 is 0 Å². The SMILES string of the molecule is Fc1ccccc1Oc1ncc2c(-c3ccccc3Cl)[nH]nc2n1. The number of para-hydroxylation sites is 1. The van der Waals surface area contributed by atoms with Gasteiger partial charge in [-0.3, -0.25) is 5.10 Å². The predicted octanol–water partition coefficient (Wildman–Crippen LogP) is 4.60. The van der Waals surface area contributed by atoms with Gasteiger partial charge < -0.3 is 4.74 Å². The topological polar surface area (TPSA) is 63.7 Å². The number of hydrogen-bond acceptors (Lipinski definition) is 4. The Morgan fingerprint density at radius 2 is 1.83 bits per heavy atom. The Bertz CT molecular complexity index is 1030. The van der Waals surface area contributed by atoms with Crippen molar-refractivity contribution in [3.63, 3.8) is 0 Å². The summed E-state index contributed by atoms with van der Waals surface area (Å²) in [5.41, 5.74) is 1.92. The maximum absolute atomic E-state index is 13.6. The van der Waals surface area contributed by atoms with Gasteiger partial charge in [0, 0.05) is 16.8 Å². The van der Waals surface area contributed by atoms with E-state index in [9.17, 15) is 4.39 Å². The monoisotopic (exact) mass is 340 g/mol. The van der Waals surface area contributed by atoms with Gasteiger partial charge in [0.2, 0.25) is 0 Å². The van der Waals surface area contributed by atoms with Gasteiger partial charge in [0.1, 0.15) is 0 Å². The van der Waals surface area contributed by atoms with Crippen molar-refractivity contribution < 1.29 is 9.13 Å². The fourth-order valence-corrected chi connectivity index (χ4v) is 2.56. The highest BCUT2D eigenvalue weighted by molar-refractivity contribution is 6.33. The molecule has 0 unspecified atom stereocenters. The van der Waals surface area contributed by atoms with Crippen LogP contribution in [0.3, 0.4) is 0 Å². The largest absolute Gasteiger partial charge is 0.421 e. The Morgan fingerprint density at radius 3 is 2.67 bits per heavy atom. The van der Waals surface area contributed by atoms with Crippen LogP contribution in [0.4, 0.5) is 4.39 Å². The van der Waals surface area contributed by atoms with Crippen LogP contribution in [0.25, 0.3) is 22.3 Å². The first-order chi connectivity index (χ1) is 11.7. The molecule has 118 valence electrons. The molecule has 0 bridgehead atoms. The summed E-state index contributed by atoms with van der Waals surface area (Å²) in [5, 5.41) is 8.35. The second kappa shape index (κ2) is 5.90. The molecule has 0 aliphatic rings. The minimum absolute atomic E-state index is 0.0183. The Hall–Kier alpha value is -2.99. The molecule has 1 N–H and O–H groups in total. The normalized spacial score (nSPS) is 10.9. The molecule has 2 aromatic carbocycles. The highest BCUT2D eigenvalue weighted by Gasteiger charge is 2.14. The number of nitrogens with zero attached hydrogens (tertiary/aromatic N) is 3. The summed E-state index contributed by atoms with van der Waals surface area (Å²) in [6.45, 7) is 0. The van der Waals surface area contributed by atoms with E-state index in [-0.39, 0.29) is 11.8 Å². The Morgan fingerprint density at radius 1 is 1.04 bits per heavy atom. The standard InChI is InChI=1S/C17H10ClFN4O/c18-12-6-2-1-5-10(12)15-11-9-20-17(21-16(11)23-22-15)24-14-8-4-3-7-13(14)19/h1-9H,(H,20,21,22,23). The van der Waals surface area contributed by atoms with Gasteiger partial charge in [0.05, 0.1) is 11.1 Å². The molecule has 0 radical (unpaired) electrons. The van der Waals surface area contributed by atoms with Crippen LogP contribution >= 0.6 is 11.6 Å². The van der Waals surface area contributed by atoms with Gasteiger partial charge >= 0.3 is 6.01 Å². The number of benzene rings is 2. The molecule has 0 fully saturated rings. The molecular formula is C17H10ClFN4O. The van der Waals surface area contributed by atoms with E-state index in [0.29, 0.717) is 21.7 Å². The number of rotatable bonds is 3. The molecule has 0 aliphatic heterocycles. The van der Waals surface area contributed by atoms with Crippen LogP contribution in [-0.4, -0.2) is 20.2 Å². The molecule has 0 aliphatic carbocycles. The minimum atomic E-state index is -0.486. The number of fused-ring (bicyclic) bond motifs is 1. The van der Waals surface area contributed by atoms with E-state index in [2.05, 4.69) is 20.2 Å². The molecule has 0 spiro atoms. The summed E-state index contributed by atoms with van der Waals surface area (Å²) in [7, 11) is 0. The first-order valence-electron chi connectivity index (χ1n) is 7.11. The number of aromatic amines is 1. The van der Waals surface area contributed by atoms with Crippen LogP contribution in [0, 0.1) is 5.82 Å². The molecule has 0 atom stereocenters. The van der Waals surface area contributed by atoms with Crippen molar-refractivity contribution in [3.8, 4) is 23.0 Å². The van der Waals surface area contributed by atoms with Crippen LogP contribution in [-0.2, 0) is 0 Å². The number of halogens is 2. The van der Waals surface area contributed by atoms with Crippen molar-refractivity contribution in [1.82, 2.24) is 20.2 Å². The molecule has 7 heteroatoms. The maximum atomic E-state index is 13.6. The fourth-order valence-electron chi connectivity index (χ4n) is 2.33. The van der Waals surface area contributed by atoms with Gasteiger partial charge in [-0.05, 0) is 18.2 Å². The van der Waals surface area contributed by atoms with Crippen molar-refractivity contribution in [2.75, 3.05) is 0 Å².